The van der Waals surface area contributed by atoms with Crippen molar-refractivity contribution >= 4 is 17.6 Å². The first-order valence-corrected chi connectivity index (χ1v) is 10.7. The topological polar surface area (TPSA) is 87.2 Å². The van der Waals surface area contributed by atoms with Gasteiger partial charge in [0.1, 0.15) is 5.78 Å². The summed E-state index contributed by atoms with van der Waals surface area (Å²) in [5.41, 5.74) is 7.34. The molecule has 1 aromatic carbocycles. The van der Waals surface area contributed by atoms with Gasteiger partial charge in [-0.2, -0.15) is 0 Å². The third-order valence-electron chi connectivity index (χ3n) is 6.89. The SMILES string of the molecule is Cc1cc(C)nc(N2NC3NCC4C(=O)CC(c5ccccc5C)CC4C3C2=O)n1. The largest absolute Gasteiger partial charge is 0.299 e. The van der Waals surface area contributed by atoms with Crippen molar-refractivity contribution in [3.8, 4) is 0 Å². The number of aromatic nitrogens is 2. The van der Waals surface area contributed by atoms with E-state index < -0.39 is 0 Å². The number of hydrogen-bond donors (Lipinski definition) is 2. The van der Waals surface area contributed by atoms with Gasteiger partial charge in [-0.3, -0.25) is 14.9 Å². The average molecular weight is 406 g/mol. The first-order valence-electron chi connectivity index (χ1n) is 10.7. The standard InChI is InChI=1S/C23H27N5O2/c1-12-6-4-5-7-16(12)15-9-17-18(19(29)10-15)11-24-21-20(17)22(30)28(27-21)23-25-13(2)8-14(3)26-23/h4-8,15,17-18,20-21,24,27H,9-11H2,1-3H3. The number of nitrogens with zero attached hydrogens (tertiary/aromatic N) is 3. The molecular weight excluding hydrogens is 378 g/mol. The molecule has 3 fully saturated rings. The summed E-state index contributed by atoms with van der Waals surface area (Å²) >= 11 is 0. The summed E-state index contributed by atoms with van der Waals surface area (Å²) in [5, 5.41) is 4.86. The van der Waals surface area contributed by atoms with Crippen LogP contribution in [0.4, 0.5) is 5.95 Å². The number of anilines is 1. The molecule has 5 rings (SSSR count). The number of benzene rings is 1. The Morgan fingerprint density at radius 2 is 1.80 bits per heavy atom. The van der Waals surface area contributed by atoms with Gasteiger partial charge in [-0.25, -0.2) is 20.4 Å². The molecule has 2 aliphatic heterocycles. The lowest BCUT2D eigenvalue weighted by molar-refractivity contribution is -0.133. The van der Waals surface area contributed by atoms with Gasteiger partial charge in [0.05, 0.1) is 12.1 Å². The Labute approximate surface area is 176 Å². The van der Waals surface area contributed by atoms with Gasteiger partial charge in [-0.05, 0) is 56.2 Å². The molecule has 1 aliphatic carbocycles. The Kier molecular flexibility index (Phi) is 4.67. The van der Waals surface area contributed by atoms with Crippen LogP contribution in [0, 0.1) is 38.5 Å². The van der Waals surface area contributed by atoms with E-state index in [1.54, 1.807) is 0 Å². The maximum atomic E-state index is 13.5. The number of amides is 1. The van der Waals surface area contributed by atoms with E-state index in [4.69, 9.17) is 0 Å². The number of rotatable bonds is 2. The zero-order chi connectivity index (χ0) is 21.0. The summed E-state index contributed by atoms with van der Waals surface area (Å²) in [6, 6.07) is 10.2. The van der Waals surface area contributed by atoms with Gasteiger partial charge in [0, 0.05) is 30.3 Å². The van der Waals surface area contributed by atoms with Gasteiger partial charge in [-0.15, -0.1) is 0 Å². The molecule has 5 atom stereocenters. The number of hydrazine groups is 1. The third-order valence-corrected chi connectivity index (χ3v) is 6.89. The fraction of sp³-hybridized carbons (Fsp3) is 0.478. The number of Topliss-reactive ketones (excluding diaryl/α,β-unsaturated/α-hetero) is 1. The van der Waals surface area contributed by atoms with Crippen LogP contribution in [0.1, 0.15) is 41.3 Å². The molecule has 3 aliphatic rings. The highest BCUT2D eigenvalue weighted by molar-refractivity contribution is 5.96. The van der Waals surface area contributed by atoms with Crippen molar-refractivity contribution in [3.05, 3.63) is 52.8 Å². The fourth-order valence-corrected chi connectivity index (χ4v) is 5.55. The zero-order valence-electron chi connectivity index (χ0n) is 17.6. The number of carbonyl (C=O) groups excluding carboxylic acids is 2. The number of aryl methyl sites for hydroxylation is 3. The van der Waals surface area contributed by atoms with Gasteiger partial charge >= 0.3 is 0 Å². The minimum atomic E-state index is -0.302. The molecular formula is C23H27N5O2. The van der Waals surface area contributed by atoms with Crippen molar-refractivity contribution in [2.24, 2.45) is 17.8 Å². The molecule has 7 nitrogen and oxygen atoms in total. The van der Waals surface area contributed by atoms with Gasteiger partial charge in [0.2, 0.25) is 11.9 Å². The van der Waals surface area contributed by atoms with Crippen LogP contribution in [0.5, 0.6) is 0 Å². The smallest absolute Gasteiger partial charge is 0.250 e. The lowest BCUT2D eigenvalue weighted by Gasteiger charge is -2.43. The van der Waals surface area contributed by atoms with Crippen LogP contribution < -0.4 is 15.8 Å². The Bertz CT molecular complexity index is 1000. The average Bonchev–Trinajstić information content (AvgIpc) is 3.04. The Morgan fingerprint density at radius 1 is 1.07 bits per heavy atom. The number of nitrogens with one attached hydrogen (secondary N) is 2. The van der Waals surface area contributed by atoms with E-state index in [2.05, 4.69) is 39.8 Å². The predicted molar refractivity (Wildman–Crippen MR) is 113 cm³/mol. The molecule has 3 heterocycles. The van der Waals surface area contributed by atoms with Crippen LogP contribution in [-0.4, -0.2) is 34.4 Å². The van der Waals surface area contributed by atoms with E-state index in [0.717, 1.165) is 17.8 Å². The summed E-state index contributed by atoms with van der Waals surface area (Å²) in [6.45, 7) is 6.49. The maximum Gasteiger partial charge on any atom is 0.250 e. The van der Waals surface area contributed by atoms with Gasteiger partial charge in [0.25, 0.3) is 0 Å². The molecule has 2 aromatic rings. The van der Waals surface area contributed by atoms with Crippen LogP contribution in [0.25, 0.3) is 0 Å². The summed E-state index contributed by atoms with van der Waals surface area (Å²) in [7, 11) is 0. The van der Waals surface area contributed by atoms with E-state index in [9.17, 15) is 9.59 Å². The molecule has 30 heavy (non-hydrogen) atoms. The van der Waals surface area contributed by atoms with Crippen LogP contribution in [0.3, 0.4) is 0 Å². The highest BCUT2D eigenvalue weighted by atomic mass is 16.2. The molecule has 5 unspecified atom stereocenters. The second-order valence-electron chi connectivity index (χ2n) is 8.90. The van der Waals surface area contributed by atoms with Crippen LogP contribution >= 0.6 is 0 Å². The summed E-state index contributed by atoms with van der Waals surface area (Å²) in [6.07, 6.45) is 1.20. The van der Waals surface area contributed by atoms with Crippen LogP contribution in [0.15, 0.2) is 30.3 Å². The number of hydrogen-bond acceptors (Lipinski definition) is 6. The maximum absolute atomic E-state index is 13.5. The minimum absolute atomic E-state index is 0.0120. The van der Waals surface area contributed by atoms with E-state index in [-0.39, 0.29) is 41.5 Å². The van der Waals surface area contributed by atoms with Crippen molar-refractivity contribution in [2.75, 3.05) is 11.6 Å². The zero-order valence-corrected chi connectivity index (χ0v) is 17.6. The Balaban J connectivity index is 1.46. The van der Waals surface area contributed by atoms with Crippen molar-refractivity contribution in [1.29, 1.82) is 0 Å². The molecule has 0 bridgehead atoms. The van der Waals surface area contributed by atoms with Crippen LogP contribution in [0.2, 0.25) is 0 Å². The number of fused-ring (bicyclic) bond motifs is 3. The molecule has 2 saturated heterocycles. The lowest BCUT2D eigenvalue weighted by Crippen LogP contribution is -2.57. The van der Waals surface area contributed by atoms with E-state index in [1.165, 1.54) is 16.1 Å². The van der Waals surface area contributed by atoms with Crippen LogP contribution in [-0.2, 0) is 9.59 Å². The summed E-state index contributed by atoms with van der Waals surface area (Å²) in [4.78, 5) is 35.4. The number of carbonyl (C=O) groups is 2. The Hall–Kier alpha value is -2.64. The summed E-state index contributed by atoms with van der Waals surface area (Å²) in [5.74, 6) is 0.352. The van der Waals surface area contributed by atoms with Gasteiger partial charge in [-0.1, -0.05) is 24.3 Å². The number of ketones is 1. The molecule has 7 heteroatoms. The van der Waals surface area contributed by atoms with Gasteiger partial charge in [0.15, 0.2) is 0 Å². The first-order chi connectivity index (χ1) is 14.4. The van der Waals surface area contributed by atoms with Crippen molar-refractivity contribution in [3.63, 3.8) is 0 Å². The third kappa shape index (κ3) is 3.13. The highest BCUT2D eigenvalue weighted by Crippen LogP contribution is 2.46. The van der Waals surface area contributed by atoms with Crippen molar-refractivity contribution < 1.29 is 9.59 Å². The second-order valence-corrected chi connectivity index (χ2v) is 8.90. The quantitative estimate of drug-likeness (QED) is 0.796. The summed E-state index contributed by atoms with van der Waals surface area (Å²) < 4.78 is 0. The molecule has 1 amide bonds. The highest BCUT2D eigenvalue weighted by Gasteiger charge is 2.54. The van der Waals surface area contributed by atoms with Crippen molar-refractivity contribution in [1.82, 2.24) is 20.7 Å². The molecule has 156 valence electrons. The Morgan fingerprint density at radius 3 is 2.53 bits per heavy atom. The van der Waals surface area contributed by atoms with Gasteiger partial charge < -0.3 is 0 Å². The van der Waals surface area contributed by atoms with E-state index in [1.807, 2.05) is 32.0 Å². The first kappa shape index (κ1) is 19.3. The molecule has 0 radical (unpaired) electrons. The van der Waals surface area contributed by atoms with E-state index in [0.29, 0.717) is 18.9 Å². The normalized spacial score (nSPS) is 30.9. The fourth-order valence-electron chi connectivity index (χ4n) is 5.55. The molecule has 1 saturated carbocycles. The molecule has 0 spiro atoms. The second kappa shape index (κ2) is 7.25. The lowest BCUT2D eigenvalue weighted by atomic mass is 9.64. The molecule has 1 aromatic heterocycles. The van der Waals surface area contributed by atoms with Crippen molar-refractivity contribution in [2.45, 2.75) is 45.7 Å². The van der Waals surface area contributed by atoms with E-state index >= 15 is 0 Å². The predicted octanol–water partition coefficient (Wildman–Crippen LogP) is 2.18. The monoisotopic (exact) mass is 405 g/mol. The molecule has 2 N–H and O–H groups in total. The number of piperidine rings is 1. The minimum Gasteiger partial charge on any atom is -0.299 e.